The lowest BCUT2D eigenvalue weighted by molar-refractivity contribution is -0.118. The van der Waals surface area contributed by atoms with Crippen LogP contribution in [0.15, 0.2) is 24.3 Å². The summed E-state index contributed by atoms with van der Waals surface area (Å²) < 4.78 is 0. The van der Waals surface area contributed by atoms with E-state index in [1.54, 1.807) is 6.07 Å². The van der Waals surface area contributed by atoms with Gasteiger partial charge in [-0.2, -0.15) is 0 Å². The summed E-state index contributed by atoms with van der Waals surface area (Å²) in [6.07, 6.45) is 1.75. The van der Waals surface area contributed by atoms with Gasteiger partial charge in [-0.15, -0.1) is 0 Å². The predicted octanol–water partition coefficient (Wildman–Crippen LogP) is 1.83. The van der Waals surface area contributed by atoms with E-state index in [9.17, 15) is 9.59 Å². The lowest BCUT2D eigenvalue weighted by atomic mass is 10.1. The van der Waals surface area contributed by atoms with E-state index < -0.39 is 5.91 Å². The number of unbranched alkanes of at least 4 members (excludes halogenated alkanes) is 1. The Kier molecular flexibility index (Phi) is 6.68. The van der Waals surface area contributed by atoms with E-state index in [1.807, 2.05) is 32.0 Å². The Hall–Kier alpha value is -2.08. The molecule has 0 fully saturated rings. The Morgan fingerprint density at radius 2 is 2.10 bits per heavy atom. The van der Waals surface area contributed by atoms with E-state index >= 15 is 0 Å². The number of hydrogen-bond donors (Lipinski definition) is 3. The SMILES string of the molecule is CCCCN(CC(N)=O)C(=O)Nc1cccc(C(C)N)c1. The molecule has 1 unspecified atom stereocenters. The summed E-state index contributed by atoms with van der Waals surface area (Å²) in [4.78, 5) is 24.7. The minimum atomic E-state index is -0.523. The molecule has 0 aromatic heterocycles. The summed E-state index contributed by atoms with van der Waals surface area (Å²) in [5.74, 6) is -0.523. The molecule has 0 spiro atoms. The Balaban J connectivity index is 2.75. The molecule has 0 aliphatic heterocycles. The molecule has 1 rings (SSSR count). The minimum Gasteiger partial charge on any atom is -0.368 e. The molecule has 1 atom stereocenters. The van der Waals surface area contributed by atoms with E-state index in [0.717, 1.165) is 18.4 Å². The van der Waals surface area contributed by atoms with Crippen LogP contribution in [-0.4, -0.2) is 29.9 Å². The molecule has 3 amide bonds. The van der Waals surface area contributed by atoms with Crippen LogP contribution in [0.2, 0.25) is 0 Å². The topological polar surface area (TPSA) is 101 Å². The lowest BCUT2D eigenvalue weighted by Crippen LogP contribution is -2.41. The highest BCUT2D eigenvalue weighted by Gasteiger charge is 2.15. The first-order chi connectivity index (χ1) is 9.93. The van der Waals surface area contributed by atoms with E-state index in [2.05, 4.69) is 5.32 Å². The standard InChI is InChI=1S/C15H24N4O2/c1-3-4-8-19(10-14(17)20)15(21)18-13-7-5-6-12(9-13)11(2)16/h5-7,9,11H,3-4,8,10,16H2,1-2H3,(H2,17,20)(H,18,21). The van der Waals surface area contributed by atoms with E-state index in [4.69, 9.17) is 11.5 Å². The van der Waals surface area contributed by atoms with E-state index in [0.29, 0.717) is 12.2 Å². The summed E-state index contributed by atoms with van der Waals surface area (Å²) in [6, 6.07) is 6.90. The zero-order valence-electron chi connectivity index (χ0n) is 12.6. The van der Waals surface area contributed by atoms with Crippen LogP contribution in [0.5, 0.6) is 0 Å². The number of hydrogen-bond acceptors (Lipinski definition) is 3. The average Bonchev–Trinajstić information content (AvgIpc) is 2.43. The summed E-state index contributed by atoms with van der Waals surface area (Å²) in [7, 11) is 0. The summed E-state index contributed by atoms with van der Waals surface area (Å²) in [6.45, 7) is 4.31. The van der Waals surface area contributed by atoms with Crippen LogP contribution in [0.4, 0.5) is 10.5 Å². The fourth-order valence-corrected chi connectivity index (χ4v) is 1.89. The van der Waals surface area contributed by atoms with Gasteiger partial charge >= 0.3 is 6.03 Å². The third-order valence-corrected chi connectivity index (χ3v) is 3.08. The third-order valence-electron chi connectivity index (χ3n) is 3.08. The number of nitrogens with zero attached hydrogens (tertiary/aromatic N) is 1. The van der Waals surface area contributed by atoms with Gasteiger partial charge in [0.2, 0.25) is 5.91 Å². The Bertz CT molecular complexity index is 488. The van der Waals surface area contributed by atoms with Crippen molar-refractivity contribution in [2.45, 2.75) is 32.7 Å². The number of nitrogens with one attached hydrogen (secondary N) is 1. The molecule has 0 saturated heterocycles. The number of primary amides is 1. The highest BCUT2D eigenvalue weighted by atomic mass is 16.2. The minimum absolute atomic E-state index is 0.0845. The van der Waals surface area contributed by atoms with Crippen molar-refractivity contribution < 1.29 is 9.59 Å². The smallest absolute Gasteiger partial charge is 0.322 e. The predicted molar refractivity (Wildman–Crippen MR) is 83.7 cm³/mol. The molecule has 0 saturated carbocycles. The van der Waals surface area contributed by atoms with Gasteiger partial charge in [-0.25, -0.2) is 4.79 Å². The summed E-state index contributed by atoms with van der Waals surface area (Å²) >= 11 is 0. The Labute approximate surface area is 125 Å². The van der Waals surface area contributed by atoms with Crippen molar-refractivity contribution in [3.05, 3.63) is 29.8 Å². The molecule has 0 bridgehead atoms. The molecule has 0 heterocycles. The maximum absolute atomic E-state index is 12.2. The number of anilines is 1. The maximum Gasteiger partial charge on any atom is 0.322 e. The zero-order valence-corrected chi connectivity index (χ0v) is 12.6. The molecule has 21 heavy (non-hydrogen) atoms. The van der Waals surface area contributed by atoms with Crippen molar-refractivity contribution in [1.29, 1.82) is 0 Å². The lowest BCUT2D eigenvalue weighted by Gasteiger charge is -2.21. The molecule has 6 nitrogen and oxygen atoms in total. The Morgan fingerprint density at radius 3 is 2.67 bits per heavy atom. The molecule has 1 aromatic carbocycles. The van der Waals surface area contributed by atoms with Gasteiger partial charge in [-0.3, -0.25) is 4.79 Å². The molecular formula is C15H24N4O2. The third kappa shape index (κ3) is 5.83. The van der Waals surface area contributed by atoms with Gasteiger partial charge in [-0.05, 0) is 31.0 Å². The molecule has 5 N–H and O–H groups in total. The van der Waals surface area contributed by atoms with Gasteiger partial charge in [0.25, 0.3) is 0 Å². The molecule has 0 radical (unpaired) electrons. The number of carbonyl (C=O) groups is 2. The van der Waals surface area contributed by atoms with Crippen LogP contribution in [-0.2, 0) is 4.79 Å². The monoisotopic (exact) mass is 292 g/mol. The molecule has 0 aliphatic carbocycles. The zero-order chi connectivity index (χ0) is 15.8. The second-order valence-electron chi connectivity index (χ2n) is 5.09. The maximum atomic E-state index is 12.2. The Morgan fingerprint density at radius 1 is 1.38 bits per heavy atom. The first-order valence-electron chi connectivity index (χ1n) is 7.13. The van der Waals surface area contributed by atoms with E-state index in [-0.39, 0.29) is 18.6 Å². The number of amides is 3. The highest BCUT2D eigenvalue weighted by molar-refractivity contribution is 5.92. The highest BCUT2D eigenvalue weighted by Crippen LogP contribution is 2.16. The van der Waals surface area contributed by atoms with Crippen LogP contribution in [0, 0.1) is 0 Å². The average molecular weight is 292 g/mol. The first kappa shape index (κ1) is 17.0. The number of nitrogens with two attached hydrogens (primary N) is 2. The van der Waals surface area contributed by atoms with Crippen LogP contribution >= 0.6 is 0 Å². The number of urea groups is 1. The van der Waals surface area contributed by atoms with Crippen LogP contribution in [0.3, 0.4) is 0 Å². The van der Waals surface area contributed by atoms with Crippen molar-refractivity contribution in [1.82, 2.24) is 4.90 Å². The van der Waals surface area contributed by atoms with Crippen molar-refractivity contribution >= 4 is 17.6 Å². The summed E-state index contributed by atoms with van der Waals surface area (Å²) in [5, 5.41) is 2.78. The van der Waals surface area contributed by atoms with Gasteiger partial charge in [0, 0.05) is 18.3 Å². The number of carbonyl (C=O) groups excluding carboxylic acids is 2. The number of benzene rings is 1. The van der Waals surface area contributed by atoms with Crippen LogP contribution < -0.4 is 16.8 Å². The van der Waals surface area contributed by atoms with Crippen LogP contribution in [0.1, 0.15) is 38.3 Å². The largest absolute Gasteiger partial charge is 0.368 e. The molecule has 6 heteroatoms. The molecule has 0 aliphatic rings. The van der Waals surface area contributed by atoms with Gasteiger partial charge in [-0.1, -0.05) is 25.5 Å². The normalized spacial score (nSPS) is 11.8. The second-order valence-corrected chi connectivity index (χ2v) is 5.09. The van der Waals surface area contributed by atoms with Gasteiger partial charge in [0.1, 0.15) is 6.54 Å². The van der Waals surface area contributed by atoms with Crippen LogP contribution in [0.25, 0.3) is 0 Å². The van der Waals surface area contributed by atoms with Crippen molar-refractivity contribution in [3.63, 3.8) is 0 Å². The molecule has 1 aromatic rings. The fourth-order valence-electron chi connectivity index (χ4n) is 1.89. The van der Waals surface area contributed by atoms with Crippen molar-refractivity contribution in [3.8, 4) is 0 Å². The van der Waals surface area contributed by atoms with Gasteiger partial charge in [0.15, 0.2) is 0 Å². The van der Waals surface area contributed by atoms with Crippen molar-refractivity contribution in [2.24, 2.45) is 11.5 Å². The first-order valence-corrected chi connectivity index (χ1v) is 7.13. The quantitative estimate of drug-likeness (QED) is 0.714. The molecule has 116 valence electrons. The van der Waals surface area contributed by atoms with Gasteiger partial charge < -0.3 is 21.7 Å². The summed E-state index contributed by atoms with van der Waals surface area (Å²) in [5.41, 5.74) is 12.6. The molecular weight excluding hydrogens is 268 g/mol. The van der Waals surface area contributed by atoms with Crippen molar-refractivity contribution in [2.75, 3.05) is 18.4 Å². The fraction of sp³-hybridized carbons (Fsp3) is 0.467. The van der Waals surface area contributed by atoms with E-state index in [1.165, 1.54) is 4.90 Å². The second kappa shape index (κ2) is 8.26. The number of rotatable bonds is 7. The van der Waals surface area contributed by atoms with Gasteiger partial charge in [0.05, 0.1) is 0 Å².